The molecule has 4 heteroatoms. The number of nitrogens with zero attached hydrogens (tertiary/aromatic N) is 3. The molecule has 2 aromatic heterocycles. The van der Waals surface area contributed by atoms with E-state index in [0.717, 1.165) is 11.5 Å². The Balaban J connectivity index is 1.43. The van der Waals surface area contributed by atoms with Gasteiger partial charge in [-0.25, -0.2) is 0 Å². The van der Waals surface area contributed by atoms with Gasteiger partial charge in [0.1, 0.15) is 17.5 Å². The van der Waals surface area contributed by atoms with Crippen molar-refractivity contribution in [2.75, 3.05) is 4.90 Å². The van der Waals surface area contributed by atoms with Gasteiger partial charge < -0.3 is 9.64 Å². The third-order valence-corrected chi connectivity index (χ3v) is 9.63. The van der Waals surface area contributed by atoms with Crippen LogP contribution in [0.15, 0.2) is 97.5 Å². The molecule has 37 heavy (non-hydrogen) atoms. The molecule has 1 spiro atoms. The lowest BCUT2D eigenvalue weighted by atomic mass is 9.66. The Bertz CT molecular complexity index is 1880. The van der Waals surface area contributed by atoms with Gasteiger partial charge in [-0.2, -0.15) is 4.57 Å². The Kier molecular flexibility index (Phi) is 3.00. The van der Waals surface area contributed by atoms with Crippen LogP contribution < -0.4 is 14.2 Å². The van der Waals surface area contributed by atoms with Crippen LogP contribution in [0.2, 0.25) is 0 Å². The first kappa shape index (κ1) is 18.8. The fourth-order valence-electron chi connectivity index (χ4n) is 8.53. The lowest BCUT2D eigenvalue weighted by Crippen LogP contribution is -2.69. The summed E-state index contributed by atoms with van der Waals surface area (Å²) in [5.74, 6) is 2.44. The molecular weight excluding hydrogens is 454 g/mol. The van der Waals surface area contributed by atoms with E-state index in [9.17, 15) is 0 Å². The summed E-state index contributed by atoms with van der Waals surface area (Å²) in [7, 11) is 0. The van der Waals surface area contributed by atoms with E-state index in [2.05, 4.69) is 113 Å². The van der Waals surface area contributed by atoms with Crippen LogP contribution in [0.5, 0.6) is 11.5 Å². The first-order valence-electron chi connectivity index (χ1n) is 13.1. The molecule has 4 nitrogen and oxygen atoms in total. The normalized spacial score (nSPS) is 25.4. The SMILES string of the molecule is CC1c2cnccc2N2c3cccc4c3C3(c5c(ccc6c5C(c5ccccc5-6)c5cccc[n+]53)O4)C12. The monoisotopic (exact) mass is 476 g/mol. The molecule has 4 aliphatic heterocycles. The molecule has 10 rings (SSSR count). The molecule has 5 aliphatic rings. The number of fused-ring (bicyclic) bond motifs is 9. The first-order valence-corrected chi connectivity index (χ1v) is 13.1. The number of aromatic nitrogens is 2. The first-order chi connectivity index (χ1) is 18.3. The Morgan fingerprint density at radius 3 is 2.68 bits per heavy atom. The quantitative estimate of drug-likeness (QED) is 0.238. The Labute approximate surface area is 214 Å². The van der Waals surface area contributed by atoms with Crippen LogP contribution >= 0.6 is 0 Å². The number of rotatable bonds is 0. The van der Waals surface area contributed by atoms with Crippen LogP contribution in [0.1, 0.15) is 52.3 Å². The topological polar surface area (TPSA) is 29.2 Å². The third kappa shape index (κ3) is 1.81. The third-order valence-electron chi connectivity index (χ3n) is 9.63. The van der Waals surface area contributed by atoms with Gasteiger partial charge in [0, 0.05) is 36.1 Å². The van der Waals surface area contributed by atoms with Crippen molar-refractivity contribution in [3.8, 4) is 22.6 Å². The molecule has 0 fully saturated rings. The molecule has 5 aromatic rings. The number of anilines is 2. The minimum absolute atomic E-state index is 0.174. The van der Waals surface area contributed by atoms with Gasteiger partial charge in [-0.1, -0.05) is 49.4 Å². The summed E-state index contributed by atoms with van der Waals surface area (Å²) in [4.78, 5) is 7.13. The smallest absolute Gasteiger partial charge is 0.249 e. The average molecular weight is 477 g/mol. The second kappa shape index (κ2) is 5.92. The molecule has 6 heterocycles. The largest absolute Gasteiger partial charge is 0.456 e. The number of hydrogen-bond donors (Lipinski definition) is 0. The molecule has 0 bridgehead atoms. The second-order valence-corrected chi connectivity index (χ2v) is 11.0. The summed E-state index contributed by atoms with van der Waals surface area (Å²) in [6.07, 6.45) is 6.32. The summed E-state index contributed by atoms with van der Waals surface area (Å²) < 4.78 is 9.40. The van der Waals surface area contributed by atoms with Gasteiger partial charge in [0.2, 0.25) is 5.54 Å². The maximum atomic E-state index is 6.79. The Hall–Kier alpha value is -4.44. The zero-order valence-electron chi connectivity index (χ0n) is 20.2. The minimum atomic E-state index is -0.404. The highest BCUT2D eigenvalue weighted by Gasteiger charge is 2.71. The van der Waals surface area contributed by atoms with Crippen molar-refractivity contribution in [3.05, 3.63) is 131 Å². The molecule has 0 saturated carbocycles. The van der Waals surface area contributed by atoms with Crippen molar-refractivity contribution in [2.24, 2.45) is 0 Å². The molecule has 1 aliphatic carbocycles. The summed E-state index contributed by atoms with van der Waals surface area (Å²) in [6.45, 7) is 2.38. The summed E-state index contributed by atoms with van der Waals surface area (Å²) in [5.41, 5.74) is 12.9. The average Bonchev–Trinajstić information content (AvgIpc) is 3.55. The van der Waals surface area contributed by atoms with Gasteiger partial charge >= 0.3 is 0 Å². The van der Waals surface area contributed by atoms with Crippen molar-refractivity contribution in [3.63, 3.8) is 0 Å². The summed E-state index contributed by atoms with van der Waals surface area (Å²) >= 11 is 0. The molecule has 0 radical (unpaired) electrons. The maximum Gasteiger partial charge on any atom is 0.249 e. The summed E-state index contributed by atoms with van der Waals surface area (Å²) in [5, 5.41) is 0. The lowest BCUT2D eigenvalue weighted by Gasteiger charge is -2.42. The van der Waals surface area contributed by atoms with E-state index in [1.54, 1.807) is 0 Å². The number of benzene rings is 3. The van der Waals surface area contributed by atoms with Crippen molar-refractivity contribution >= 4 is 11.4 Å². The predicted molar refractivity (Wildman–Crippen MR) is 141 cm³/mol. The molecule has 3 aromatic carbocycles. The zero-order valence-corrected chi connectivity index (χ0v) is 20.2. The molecule has 174 valence electrons. The van der Waals surface area contributed by atoms with Crippen molar-refractivity contribution in [1.82, 2.24) is 4.98 Å². The maximum absolute atomic E-state index is 6.79. The van der Waals surface area contributed by atoms with E-state index >= 15 is 0 Å². The van der Waals surface area contributed by atoms with Crippen LogP contribution in [-0.4, -0.2) is 11.0 Å². The highest BCUT2D eigenvalue weighted by atomic mass is 16.5. The zero-order chi connectivity index (χ0) is 24.0. The number of pyridine rings is 2. The van der Waals surface area contributed by atoms with Crippen LogP contribution in [0.25, 0.3) is 11.1 Å². The number of ether oxygens (including phenoxy) is 1. The van der Waals surface area contributed by atoms with Crippen molar-refractivity contribution in [2.45, 2.75) is 30.3 Å². The molecule has 4 atom stereocenters. The Morgan fingerprint density at radius 1 is 0.811 bits per heavy atom. The van der Waals surface area contributed by atoms with Gasteiger partial charge in [0.15, 0.2) is 11.9 Å². The van der Waals surface area contributed by atoms with Gasteiger partial charge in [0.25, 0.3) is 0 Å². The molecule has 0 amide bonds. The molecular formula is C33H22N3O+. The van der Waals surface area contributed by atoms with Crippen LogP contribution in [0, 0.1) is 0 Å². The molecule has 0 N–H and O–H groups in total. The van der Waals surface area contributed by atoms with E-state index in [1.807, 2.05) is 6.20 Å². The highest BCUT2D eigenvalue weighted by Crippen LogP contribution is 2.68. The van der Waals surface area contributed by atoms with E-state index in [0.29, 0.717) is 0 Å². The van der Waals surface area contributed by atoms with Gasteiger partial charge in [0.05, 0.1) is 22.7 Å². The van der Waals surface area contributed by atoms with Gasteiger partial charge in [-0.15, -0.1) is 0 Å². The van der Waals surface area contributed by atoms with Gasteiger partial charge in [-0.3, -0.25) is 4.98 Å². The van der Waals surface area contributed by atoms with Crippen molar-refractivity contribution < 1.29 is 9.30 Å². The fourth-order valence-corrected chi connectivity index (χ4v) is 8.53. The summed E-state index contributed by atoms with van der Waals surface area (Å²) in [6, 6.07) is 29.1. The van der Waals surface area contributed by atoms with E-state index in [1.165, 1.54) is 56.0 Å². The van der Waals surface area contributed by atoms with Crippen LogP contribution in [0.3, 0.4) is 0 Å². The lowest BCUT2D eigenvalue weighted by molar-refractivity contribution is -0.755. The predicted octanol–water partition coefficient (Wildman–Crippen LogP) is 6.38. The standard InChI is InChI=1S/C33H22N3O/c1-18-22-17-34-15-14-23(22)36-25-10-6-11-26-30(25)33(32(18)36)31-27(37-26)13-12-21-19-7-2-3-8-20(19)28(29(21)31)24-9-4-5-16-35(24)33/h2-18,28,32H,1H3/q+1. The van der Waals surface area contributed by atoms with E-state index in [4.69, 9.17) is 4.74 Å². The fraction of sp³-hybridized carbons (Fsp3) is 0.152. The highest BCUT2D eigenvalue weighted by molar-refractivity contribution is 5.90. The van der Waals surface area contributed by atoms with Crippen molar-refractivity contribution in [1.29, 1.82) is 0 Å². The van der Waals surface area contributed by atoms with Gasteiger partial charge in [-0.05, 0) is 52.1 Å². The van der Waals surface area contributed by atoms with Crippen LogP contribution in [0.4, 0.5) is 11.4 Å². The number of hydrogen-bond acceptors (Lipinski definition) is 3. The van der Waals surface area contributed by atoms with E-state index in [-0.39, 0.29) is 17.9 Å². The van der Waals surface area contributed by atoms with Crippen LogP contribution in [-0.2, 0) is 5.54 Å². The molecule has 0 saturated heterocycles. The molecule has 4 unspecified atom stereocenters. The Morgan fingerprint density at radius 2 is 1.70 bits per heavy atom. The van der Waals surface area contributed by atoms with E-state index < -0.39 is 5.54 Å². The minimum Gasteiger partial charge on any atom is -0.456 e. The second-order valence-electron chi connectivity index (χ2n) is 11.0.